The molecule has 1 fully saturated rings. The largest absolute Gasteiger partial charge is 0.313 e. The maximum Gasteiger partial charge on any atom is 0.0699 e. The minimum Gasteiger partial charge on any atom is -0.313 e. The molecular formula is C14H22N2. The Bertz CT molecular complexity index is 334. The molecule has 16 heavy (non-hydrogen) atoms. The van der Waals surface area contributed by atoms with Crippen molar-refractivity contribution in [1.82, 2.24) is 4.90 Å². The predicted molar refractivity (Wildman–Crippen MR) is 68.3 cm³/mol. The number of nitrogens with zero attached hydrogens (tertiary/aromatic N) is 1. The Hall–Kier alpha value is -0.860. The van der Waals surface area contributed by atoms with Crippen LogP contribution in [-0.4, -0.2) is 23.7 Å². The van der Waals surface area contributed by atoms with Gasteiger partial charge in [-0.2, -0.15) is 0 Å². The molecular weight excluding hydrogens is 196 g/mol. The normalized spacial score (nSPS) is 20.9. The van der Waals surface area contributed by atoms with E-state index in [0.717, 1.165) is 19.5 Å². The Morgan fingerprint density at radius 3 is 2.31 bits per heavy atom. The van der Waals surface area contributed by atoms with E-state index in [2.05, 4.69) is 43.0 Å². The number of hydrogen-bond acceptors (Lipinski definition) is 2. The van der Waals surface area contributed by atoms with E-state index in [1.54, 1.807) is 0 Å². The van der Waals surface area contributed by atoms with Crippen LogP contribution in [-0.2, 0) is 6.42 Å². The lowest BCUT2D eigenvalue weighted by molar-refractivity contribution is 0.142. The molecule has 1 unspecified atom stereocenters. The standard InChI is InChI=1S/C14H22N2/c1-12-5-7-13(8-6-12)11-14(2,15)16-9-3-4-10-16/h5-8H,3-4,9-11,15H2,1-2H3. The highest BCUT2D eigenvalue weighted by atomic mass is 15.3. The van der Waals surface area contributed by atoms with Crippen LogP contribution in [0.1, 0.15) is 30.9 Å². The van der Waals surface area contributed by atoms with E-state index in [1.807, 2.05) is 0 Å². The van der Waals surface area contributed by atoms with Gasteiger partial charge in [-0.05, 0) is 45.3 Å². The van der Waals surface area contributed by atoms with Crippen LogP contribution >= 0.6 is 0 Å². The van der Waals surface area contributed by atoms with E-state index < -0.39 is 0 Å². The summed E-state index contributed by atoms with van der Waals surface area (Å²) in [6.07, 6.45) is 3.52. The first kappa shape index (κ1) is 11.6. The Labute approximate surface area is 98.4 Å². The summed E-state index contributed by atoms with van der Waals surface area (Å²) in [5.74, 6) is 0. The van der Waals surface area contributed by atoms with Gasteiger partial charge in [-0.25, -0.2) is 0 Å². The van der Waals surface area contributed by atoms with Gasteiger partial charge < -0.3 is 5.73 Å². The van der Waals surface area contributed by atoms with Gasteiger partial charge in [0.1, 0.15) is 0 Å². The average molecular weight is 218 g/mol. The molecule has 0 aromatic heterocycles. The SMILES string of the molecule is Cc1ccc(CC(C)(N)N2CCCC2)cc1. The van der Waals surface area contributed by atoms with Crippen molar-refractivity contribution < 1.29 is 0 Å². The fourth-order valence-corrected chi connectivity index (χ4v) is 2.46. The zero-order chi connectivity index (χ0) is 11.6. The molecule has 0 radical (unpaired) electrons. The predicted octanol–water partition coefficient (Wildman–Crippen LogP) is 2.31. The third-order valence-electron chi connectivity index (χ3n) is 3.51. The van der Waals surface area contributed by atoms with Gasteiger partial charge in [-0.1, -0.05) is 29.8 Å². The van der Waals surface area contributed by atoms with Crippen molar-refractivity contribution in [1.29, 1.82) is 0 Å². The van der Waals surface area contributed by atoms with Crippen LogP contribution in [0.25, 0.3) is 0 Å². The summed E-state index contributed by atoms with van der Waals surface area (Å²) in [7, 11) is 0. The second-order valence-corrected chi connectivity index (χ2v) is 5.21. The van der Waals surface area contributed by atoms with Gasteiger partial charge in [0, 0.05) is 6.42 Å². The van der Waals surface area contributed by atoms with Gasteiger partial charge in [0.25, 0.3) is 0 Å². The lowest BCUT2D eigenvalue weighted by atomic mass is 10.00. The van der Waals surface area contributed by atoms with Crippen LogP contribution in [0.15, 0.2) is 24.3 Å². The summed E-state index contributed by atoms with van der Waals surface area (Å²) in [6.45, 7) is 6.57. The third-order valence-corrected chi connectivity index (χ3v) is 3.51. The Balaban J connectivity index is 2.04. The quantitative estimate of drug-likeness (QED) is 0.843. The van der Waals surface area contributed by atoms with E-state index >= 15 is 0 Å². The fourth-order valence-electron chi connectivity index (χ4n) is 2.46. The van der Waals surface area contributed by atoms with Gasteiger partial charge in [-0.15, -0.1) is 0 Å². The van der Waals surface area contributed by atoms with Gasteiger partial charge >= 0.3 is 0 Å². The minimum absolute atomic E-state index is 0.189. The molecule has 1 aliphatic rings. The second kappa shape index (κ2) is 4.56. The molecule has 0 bridgehead atoms. The molecule has 0 amide bonds. The third kappa shape index (κ3) is 2.63. The highest BCUT2D eigenvalue weighted by molar-refractivity contribution is 5.22. The summed E-state index contributed by atoms with van der Waals surface area (Å²) in [6, 6.07) is 8.71. The van der Waals surface area contributed by atoms with Crippen LogP contribution in [0.4, 0.5) is 0 Å². The topological polar surface area (TPSA) is 29.3 Å². The molecule has 2 N–H and O–H groups in total. The number of likely N-dealkylation sites (tertiary alicyclic amines) is 1. The van der Waals surface area contributed by atoms with E-state index in [9.17, 15) is 0 Å². The molecule has 1 aromatic carbocycles. The Kier molecular flexibility index (Phi) is 3.31. The highest BCUT2D eigenvalue weighted by Crippen LogP contribution is 2.21. The van der Waals surface area contributed by atoms with Crippen LogP contribution < -0.4 is 5.73 Å². The second-order valence-electron chi connectivity index (χ2n) is 5.21. The monoisotopic (exact) mass is 218 g/mol. The molecule has 0 saturated carbocycles. The summed E-state index contributed by atoms with van der Waals surface area (Å²) < 4.78 is 0. The van der Waals surface area contributed by atoms with Gasteiger partial charge in [0.05, 0.1) is 5.66 Å². The first-order chi connectivity index (χ1) is 7.58. The van der Waals surface area contributed by atoms with Crippen molar-refractivity contribution in [2.24, 2.45) is 5.73 Å². The summed E-state index contributed by atoms with van der Waals surface area (Å²) in [4.78, 5) is 2.41. The maximum atomic E-state index is 6.42. The van der Waals surface area contributed by atoms with E-state index in [4.69, 9.17) is 5.73 Å². The van der Waals surface area contributed by atoms with Crippen LogP contribution in [0, 0.1) is 6.92 Å². The molecule has 2 nitrogen and oxygen atoms in total. The van der Waals surface area contributed by atoms with Crippen molar-refractivity contribution in [3.8, 4) is 0 Å². The van der Waals surface area contributed by atoms with Crippen LogP contribution in [0.5, 0.6) is 0 Å². The molecule has 2 rings (SSSR count). The lowest BCUT2D eigenvalue weighted by Crippen LogP contribution is -2.53. The molecule has 88 valence electrons. The fraction of sp³-hybridized carbons (Fsp3) is 0.571. The van der Waals surface area contributed by atoms with Gasteiger partial charge in [0.2, 0.25) is 0 Å². The number of hydrogen-bond donors (Lipinski definition) is 1. The highest BCUT2D eigenvalue weighted by Gasteiger charge is 2.29. The number of benzene rings is 1. The van der Waals surface area contributed by atoms with Crippen molar-refractivity contribution in [3.05, 3.63) is 35.4 Å². The number of aryl methyl sites for hydroxylation is 1. The summed E-state index contributed by atoms with van der Waals surface area (Å²) in [5, 5.41) is 0. The molecule has 0 spiro atoms. The van der Waals surface area contributed by atoms with E-state index in [0.29, 0.717) is 0 Å². The van der Waals surface area contributed by atoms with Gasteiger partial charge in [-0.3, -0.25) is 4.90 Å². The van der Waals surface area contributed by atoms with Gasteiger partial charge in [0.15, 0.2) is 0 Å². The first-order valence-electron chi connectivity index (χ1n) is 6.17. The van der Waals surface area contributed by atoms with Crippen molar-refractivity contribution in [2.75, 3.05) is 13.1 Å². The zero-order valence-corrected chi connectivity index (χ0v) is 10.4. The molecule has 1 heterocycles. The molecule has 1 aromatic rings. The molecule has 1 atom stereocenters. The number of nitrogens with two attached hydrogens (primary N) is 1. The van der Waals surface area contributed by atoms with Crippen LogP contribution in [0.2, 0.25) is 0 Å². The minimum atomic E-state index is -0.189. The molecule has 2 heteroatoms. The summed E-state index contributed by atoms with van der Waals surface area (Å²) >= 11 is 0. The first-order valence-corrected chi connectivity index (χ1v) is 6.17. The molecule has 1 aliphatic heterocycles. The average Bonchev–Trinajstić information content (AvgIpc) is 2.75. The molecule has 1 saturated heterocycles. The Morgan fingerprint density at radius 2 is 1.75 bits per heavy atom. The smallest absolute Gasteiger partial charge is 0.0699 e. The lowest BCUT2D eigenvalue weighted by Gasteiger charge is -2.35. The number of rotatable bonds is 3. The zero-order valence-electron chi connectivity index (χ0n) is 10.4. The van der Waals surface area contributed by atoms with Crippen molar-refractivity contribution >= 4 is 0 Å². The van der Waals surface area contributed by atoms with Crippen molar-refractivity contribution in [3.63, 3.8) is 0 Å². The Morgan fingerprint density at radius 1 is 1.19 bits per heavy atom. The summed E-state index contributed by atoms with van der Waals surface area (Å²) in [5.41, 5.74) is 8.87. The molecule has 0 aliphatic carbocycles. The van der Waals surface area contributed by atoms with E-state index in [-0.39, 0.29) is 5.66 Å². The van der Waals surface area contributed by atoms with Crippen LogP contribution in [0.3, 0.4) is 0 Å². The van der Waals surface area contributed by atoms with E-state index in [1.165, 1.54) is 24.0 Å². The van der Waals surface area contributed by atoms with Crippen molar-refractivity contribution in [2.45, 2.75) is 38.8 Å². The maximum absolute atomic E-state index is 6.42.